The third-order valence-electron chi connectivity index (χ3n) is 5.54. The van der Waals surface area contributed by atoms with Crippen molar-refractivity contribution in [1.29, 1.82) is 0 Å². The number of amides is 1. The van der Waals surface area contributed by atoms with Crippen molar-refractivity contribution in [2.75, 3.05) is 5.32 Å². The first-order valence-electron chi connectivity index (χ1n) is 8.91. The van der Waals surface area contributed by atoms with Gasteiger partial charge in [0.05, 0.1) is 15.6 Å². The smallest absolute Gasteiger partial charge is 0.256 e. The van der Waals surface area contributed by atoms with Crippen LogP contribution in [-0.4, -0.2) is 5.91 Å². The largest absolute Gasteiger partial charge is 0.353 e. The van der Waals surface area contributed by atoms with E-state index in [-0.39, 0.29) is 12.1 Å². The molecule has 1 amide bonds. The molecule has 0 saturated carbocycles. The topological polar surface area (TPSA) is 41.1 Å². The van der Waals surface area contributed by atoms with Crippen molar-refractivity contribution in [3.63, 3.8) is 0 Å². The van der Waals surface area contributed by atoms with Gasteiger partial charge in [0.2, 0.25) is 0 Å². The van der Waals surface area contributed by atoms with Gasteiger partial charge in [0.1, 0.15) is 11.2 Å². The number of thiophene rings is 1. The number of carbonyl (C=O) groups excluding carboxylic acids is 1. The quantitative estimate of drug-likeness (QED) is 0.601. The molecular formula is C20H22Cl2N2OS. The minimum atomic E-state index is -0.289. The Balaban J connectivity index is 1.65. The molecule has 0 radical (unpaired) electrons. The van der Waals surface area contributed by atoms with Gasteiger partial charge in [-0.1, -0.05) is 50.0 Å². The molecule has 1 aliphatic heterocycles. The van der Waals surface area contributed by atoms with E-state index in [9.17, 15) is 4.79 Å². The van der Waals surface area contributed by atoms with E-state index in [1.54, 1.807) is 23.5 Å². The lowest BCUT2D eigenvalue weighted by Gasteiger charge is -2.34. The van der Waals surface area contributed by atoms with Gasteiger partial charge in [0, 0.05) is 4.88 Å². The fourth-order valence-corrected chi connectivity index (χ4v) is 5.56. The summed E-state index contributed by atoms with van der Waals surface area (Å²) in [5, 5.41) is 8.53. The van der Waals surface area contributed by atoms with Crippen LogP contribution in [0.3, 0.4) is 0 Å². The second kappa shape index (κ2) is 6.43. The summed E-state index contributed by atoms with van der Waals surface area (Å²) < 4.78 is 0. The van der Waals surface area contributed by atoms with Gasteiger partial charge in [-0.3, -0.25) is 4.79 Å². The van der Waals surface area contributed by atoms with E-state index in [0.29, 0.717) is 21.4 Å². The van der Waals surface area contributed by atoms with Gasteiger partial charge in [-0.2, -0.15) is 0 Å². The average molecular weight is 409 g/mol. The molecule has 2 heterocycles. The van der Waals surface area contributed by atoms with Gasteiger partial charge >= 0.3 is 0 Å². The van der Waals surface area contributed by atoms with E-state index in [4.69, 9.17) is 23.2 Å². The van der Waals surface area contributed by atoms with Gasteiger partial charge in [-0.25, -0.2) is 0 Å². The molecule has 2 aliphatic rings. The van der Waals surface area contributed by atoms with E-state index in [2.05, 4.69) is 31.4 Å². The molecule has 2 N–H and O–H groups in total. The summed E-state index contributed by atoms with van der Waals surface area (Å²) in [6.07, 6.45) is 2.89. The first-order chi connectivity index (χ1) is 12.2. The summed E-state index contributed by atoms with van der Waals surface area (Å²) in [7, 11) is 0. The number of rotatable bonds is 1. The Morgan fingerprint density at radius 2 is 1.92 bits per heavy atom. The molecule has 2 aromatic rings. The lowest BCUT2D eigenvalue weighted by molar-refractivity contribution is 0.0935. The summed E-state index contributed by atoms with van der Waals surface area (Å²) in [5.41, 5.74) is 3.27. The maximum atomic E-state index is 12.8. The lowest BCUT2D eigenvalue weighted by atomic mass is 9.72. The van der Waals surface area contributed by atoms with Crippen LogP contribution < -0.4 is 10.6 Å². The Morgan fingerprint density at radius 3 is 2.62 bits per heavy atom. The molecule has 6 heteroatoms. The second-order valence-electron chi connectivity index (χ2n) is 8.24. The number of fused-ring (bicyclic) bond motifs is 3. The molecule has 0 bridgehead atoms. The normalized spacial score (nSPS) is 22.3. The maximum absolute atomic E-state index is 12.8. The fourth-order valence-electron chi connectivity index (χ4n) is 3.90. The number of halogens is 2. The van der Waals surface area contributed by atoms with Crippen molar-refractivity contribution < 1.29 is 4.79 Å². The Bertz CT molecular complexity index is 885. The standard InChI is InChI=1S/C20H22Cl2N2OS/c1-20(2,3)11-5-6-12-15(9-11)26-19-16(12)18(25)23-17(24-19)10-4-7-13(21)14(22)8-10/h4,7-8,11,17,24H,5-6,9H2,1-3H3,(H,23,25)/t11-,17+/m1/s1. The Kier molecular flexibility index (Phi) is 4.49. The van der Waals surface area contributed by atoms with Crippen LogP contribution in [0, 0.1) is 11.3 Å². The van der Waals surface area contributed by atoms with Crippen molar-refractivity contribution >= 4 is 45.4 Å². The Labute approximate surface area is 168 Å². The third kappa shape index (κ3) is 3.12. The lowest BCUT2D eigenvalue weighted by Crippen LogP contribution is -2.38. The van der Waals surface area contributed by atoms with E-state index in [1.165, 1.54) is 10.4 Å². The first-order valence-corrected chi connectivity index (χ1v) is 10.5. The van der Waals surface area contributed by atoms with Crippen molar-refractivity contribution in [3.05, 3.63) is 49.8 Å². The molecule has 1 aromatic heterocycles. The summed E-state index contributed by atoms with van der Waals surface area (Å²) >= 11 is 13.9. The van der Waals surface area contributed by atoms with E-state index < -0.39 is 0 Å². The maximum Gasteiger partial charge on any atom is 0.256 e. The van der Waals surface area contributed by atoms with Crippen molar-refractivity contribution in [2.45, 2.75) is 46.2 Å². The molecule has 0 saturated heterocycles. The van der Waals surface area contributed by atoms with Crippen LogP contribution in [0.25, 0.3) is 0 Å². The van der Waals surface area contributed by atoms with Crippen LogP contribution in [0.2, 0.25) is 10.0 Å². The monoisotopic (exact) mass is 408 g/mol. The highest BCUT2D eigenvalue weighted by atomic mass is 35.5. The van der Waals surface area contributed by atoms with Crippen molar-refractivity contribution in [1.82, 2.24) is 5.32 Å². The molecule has 138 valence electrons. The average Bonchev–Trinajstić information content (AvgIpc) is 2.94. The molecule has 0 unspecified atom stereocenters. The highest BCUT2D eigenvalue weighted by Crippen LogP contribution is 2.46. The van der Waals surface area contributed by atoms with Crippen molar-refractivity contribution in [3.8, 4) is 0 Å². The highest BCUT2D eigenvalue weighted by molar-refractivity contribution is 7.16. The molecule has 3 nitrogen and oxygen atoms in total. The van der Waals surface area contributed by atoms with Crippen LogP contribution in [0.1, 0.15) is 59.7 Å². The number of hydrogen-bond donors (Lipinski definition) is 2. The first kappa shape index (κ1) is 18.1. The number of carbonyl (C=O) groups is 1. The van der Waals surface area contributed by atoms with Gasteiger partial charge in [-0.05, 0) is 53.9 Å². The van der Waals surface area contributed by atoms with Crippen LogP contribution in [0.4, 0.5) is 5.00 Å². The van der Waals surface area contributed by atoms with Crippen molar-refractivity contribution in [2.24, 2.45) is 11.3 Å². The van der Waals surface area contributed by atoms with Crippen LogP contribution in [0.5, 0.6) is 0 Å². The molecule has 4 rings (SSSR count). The van der Waals surface area contributed by atoms with Gasteiger partial charge in [0.25, 0.3) is 5.91 Å². The van der Waals surface area contributed by atoms with Crippen LogP contribution >= 0.6 is 34.5 Å². The summed E-state index contributed by atoms with van der Waals surface area (Å²) in [6.45, 7) is 6.92. The molecule has 0 spiro atoms. The molecule has 0 fully saturated rings. The van der Waals surface area contributed by atoms with Gasteiger partial charge < -0.3 is 10.6 Å². The molecule has 1 aromatic carbocycles. The summed E-state index contributed by atoms with van der Waals surface area (Å²) in [5.74, 6) is 0.658. The predicted octanol–water partition coefficient (Wildman–Crippen LogP) is 6.06. The predicted molar refractivity (Wildman–Crippen MR) is 110 cm³/mol. The van der Waals surface area contributed by atoms with Crippen LogP contribution in [0.15, 0.2) is 18.2 Å². The zero-order valence-electron chi connectivity index (χ0n) is 15.1. The van der Waals surface area contributed by atoms with Crippen LogP contribution in [-0.2, 0) is 12.8 Å². The Morgan fingerprint density at radius 1 is 1.15 bits per heavy atom. The Hall–Kier alpha value is -1.23. The highest BCUT2D eigenvalue weighted by Gasteiger charge is 2.36. The SMILES string of the molecule is CC(C)(C)[C@@H]1CCc2c(sc3c2C(=O)N[C@H](c2ccc(Cl)c(Cl)c2)N3)C1. The van der Waals surface area contributed by atoms with Gasteiger partial charge in [-0.15, -0.1) is 11.3 Å². The molecule has 1 aliphatic carbocycles. The minimum absolute atomic E-state index is 0.00142. The second-order valence-corrected chi connectivity index (χ2v) is 10.2. The van der Waals surface area contributed by atoms with E-state index in [0.717, 1.165) is 35.4 Å². The van der Waals surface area contributed by atoms with Gasteiger partial charge in [0.15, 0.2) is 0 Å². The zero-order valence-corrected chi connectivity index (χ0v) is 17.4. The molecule has 2 atom stereocenters. The number of nitrogens with one attached hydrogen (secondary N) is 2. The van der Waals surface area contributed by atoms with E-state index in [1.807, 2.05) is 6.07 Å². The molecule has 26 heavy (non-hydrogen) atoms. The fraction of sp³-hybridized carbons (Fsp3) is 0.450. The zero-order chi connectivity index (χ0) is 18.6. The number of benzene rings is 1. The number of hydrogen-bond acceptors (Lipinski definition) is 3. The molecular weight excluding hydrogens is 387 g/mol. The summed E-state index contributed by atoms with van der Waals surface area (Å²) in [6, 6.07) is 5.45. The third-order valence-corrected chi connectivity index (χ3v) is 7.47. The number of anilines is 1. The minimum Gasteiger partial charge on any atom is -0.353 e. The van der Waals surface area contributed by atoms with E-state index >= 15 is 0 Å². The summed E-state index contributed by atoms with van der Waals surface area (Å²) in [4.78, 5) is 14.2.